The van der Waals surface area contributed by atoms with Crippen LogP contribution >= 0.6 is 0 Å². The van der Waals surface area contributed by atoms with Gasteiger partial charge in [-0.2, -0.15) is 5.10 Å². The van der Waals surface area contributed by atoms with Crippen LogP contribution in [0.15, 0.2) is 48.7 Å². The molecule has 0 saturated heterocycles. The zero-order chi connectivity index (χ0) is 23.1. The second kappa shape index (κ2) is 10.4. The molecular weight excluding hydrogens is 412 g/mol. The zero-order valence-corrected chi connectivity index (χ0v) is 18.3. The monoisotopic (exact) mass is 438 g/mol. The van der Waals surface area contributed by atoms with Gasteiger partial charge in [0.1, 0.15) is 5.69 Å². The Hall–Kier alpha value is -3.88. The van der Waals surface area contributed by atoms with Crippen molar-refractivity contribution in [1.29, 1.82) is 0 Å². The molecule has 0 bridgehead atoms. The summed E-state index contributed by atoms with van der Waals surface area (Å²) in [4.78, 5) is 24.1. The summed E-state index contributed by atoms with van der Waals surface area (Å²) in [7, 11) is 0. The van der Waals surface area contributed by atoms with Gasteiger partial charge in [0.05, 0.1) is 48.2 Å². The lowest BCUT2D eigenvalue weighted by Gasteiger charge is -2.14. The highest BCUT2D eigenvalue weighted by molar-refractivity contribution is 6.06. The predicted octanol–water partition coefficient (Wildman–Crippen LogP) is 4.45. The first-order chi connectivity index (χ1) is 15.5. The van der Waals surface area contributed by atoms with Crippen LogP contribution in [0.3, 0.4) is 0 Å². The number of carbonyl (C=O) groups excluding carboxylic acids is 1. The smallest absolute Gasteiger partial charge is 0.296 e. The minimum Gasteiger partial charge on any atom is -0.490 e. The summed E-state index contributed by atoms with van der Waals surface area (Å²) in [5.74, 6) is 0.102. The molecule has 32 heavy (non-hydrogen) atoms. The molecule has 0 atom stereocenters. The molecule has 1 amide bonds. The number of nitrogens with zero attached hydrogens (tertiary/aromatic N) is 3. The lowest BCUT2D eigenvalue weighted by atomic mass is 10.1. The topological polar surface area (TPSA) is 109 Å². The molecule has 1 aromatic heterocycles. The minimum absolute atomic E-state index is 0.0322. The Morgan fingerprint density at radius 2 is 1.75 bits per heavy atom. The number of amides is 1. The van der Waals surface area contributed by atoms with Crippen LogP contribution in [-0.2, 0) is 13.0 Å². The fourth-order valence-electron chi connectivity index (χ4n) is 3.39. The molecule has 9 heteroatoms. The molecule has 1 heterocycles. The van der Waals surface area contributed by atoms with Gasteiger partial charge in [-0.05, 0) is 25.8 Å². The van der Waals surface area contributed by atoms with Crippen LogP contribution in [0.5, 0.6) is 11.5 Å². The third kappa shape index (κ3) is 5.05. The van der Waals surface area contributed by atoms with Gasteiger partial charge in [0.25, 0.3) is 11.6 Å². The molecule has 0 aliphatic carbocycles. The van der Waals surface area contributed by atoms with E-state index in [0.29, 0.717) is 37.5 Å². The molecular formula is C23H26N4O5. The third-order valence-electron chi connectivity index (χ3n) is 4.81. The first kappa shape index (κ1) is 22.8. The molecule has 3 rings (SSSR count). The number of ether oxygens (including phenoxy) is 2. The van der Waals surface area contributed by atoms with Crippen molar-refractivity contribution in [3.8, 4) is 11.5 Å². The van der Waals surface area contributed by atoms with E-state index in [0.717, 1.165) is 11.3 Å². The number of anilines is 1. The fraction of sp³-hybridized carbons (Fsp3) is 0.304. The highest BCUT2D eigenvalue weighted by atomic mass is 16.6. The molecule has 0 aliphatic heterocycles. The molecule has 0 spiro atoms. The first-order valence-electron chi connectivity index (χ1n) is 10.5. The number of aromatic nitrogens is 2. The summed E-state index contributed by atoms with van der Waals surface area (Å²) >= 11 is 0. The maximum Gasteiger partial charge on any atom is 0.296 e. The van der Waals surface area contributed by atoms with Gasteiger partial charge in [-0.3, -0.25) is 19.6 Å². The van der Waals surface area contributed by atoms with E-state index >= 15 is 0 Å². The SMILES string of the molecule is CCOc1cc(NC(=O)c2cnn(Cc3ccccc3)c2CC)c([N+](=O)[O-])cc1OCC. The number of nitro groups is 1. The van der Waals surface area contributed by atoms with Crippen LogP contribution in [0, 0.1) is 10.1 Å². The molecule has 0 aliphatic rings. The van der Waals surface area contributed by atoms with Crippen LogP contribution in [0.1, 0.15) is 42.4 Å². The molecule has 0 radical (unpaired) electrons. The first-order valence-corrected chi connectivity index (χ1v) is 10.5. The average Bonchev–Trinajstić information content (AvgIpc) is 3.18. The largest absolute Gasteiger partial charge is 0.490 e. The number of rotatable bonds is 10. The van der Waals surface area contributed by atoms with Gasteiger partial charge in [0, 0.05) is 6.07 Å². The van der Waals surface area contributed by atoms with Gasteiger partial charge in [0.15, 0.2) is 11.5 Å². The van der Waals surface area contributed by atoms with E-state index in [9.17, 15) is 14.9 Å². The lowest BCUT2D eigenvalue weighted by molar-refractivity contribution is -0.384. The second-order valence-electron chi connectivity index (χ2n) is 6.90. The van der Waals surface area contributed by atoms with Crippen molar-refractivity contribution in [1.82, 2.24) is 9.78 Å². The van der Waals surface area contributed by atoms with Crippen molar-refractivity contribution in [2.45, 2.75) is 33.7 Å². The summed E-state index contributed by atoms with van der Waals surface area (Å²) in [6.45, 7) is 6.69. The highest BCUT2D eigenvalue weighted by Gasteiger charge is 2.24. The average molecular weight is 438 g/mol. The number of hydrogen-bond donors (Lipinski definition) is 1. The van der Waals surface area contributed by atoms with E-state index in [1.165, 1.54) is 18.3 Å². The summed E-state index contributed by atoms with van der Waals surface area (Å²) in [5, 5.41) is 18.7. The van der Waals surface area contributed by atoms with Crippen molar-refractivity contribution in [3.63, 3.8) is 0 Å². The Kier molecular flexibility index (Phi) is 7.43. The molecule has 168 valence electrons. The maximum absolute atomic E-state index is 13.1. The van der Waals surface area contributed by atoms with Crippen LogP contribution in [-0.4, -0.2) is 33.8 Å². The minimum atomic E-state index is -0.562. The molecule has 9 nitrogen and oxygen atoms in total. The van der Waals surface area contributed by atoms with E-state index in [1.54, 1.807) is 18.5 Å². The van der Waals surface area contributed by atoms with E-state index in [-0.39, 0.29) is 17.1 Å². The number of nitrogens with one attached hydrogen (secondary N) is 1. The Balaban J connectivity index is 1.92. The quantitative estimate of drug-likeness (QED) is 0.370. The summed E-state index contributed by atoms with van der Waals surface area (Å²) in [6.07, 6.45) is 2.06. The Morgan fingerprint density at radius 3 is 2.34 bits per heavy atom. The van der Waals surface area contributed by atoms with Crippen molar-refractivity contribution < 1.29 is 19.2 Å². The van der Waals surface area contributed by atoms with E-state index in [4.69, 9.17) is 9.47 Å². The highest BCUT2D eigenvalue weighted by Crippen LogP contribution is 2.38. The van der Waals surface area contributed by atoms with Crippen LogP contribution < -0.4 is 14.8 Å². The zero-order valence-electron chi connectivity index (χ0n) is 18.3. The van der Waals surface area contributed by atoms with Crippen LogP contribution in [0.4, 0.5) is 11.4 Å². The Morgan fingerprint density at radius 1 is 1.09 bits per heavy atom. The number of benzene rings is 2. The van der Waals surface area contributed by atoms with Gasteiger partial charge in [-0.1, -0.05) is 37.3 Å². The van der Waals surface area contributed by atoms with Crippen molar-refractivity contribution >= 4 is 17.3 Å². The van der Waals surface area contributed by atoms with E-state index in [1.807, 2.05) is 37.3 Å². The number of nitro benzene ring substituents is 1. The Bertz CT molecular complexity index is 1100. The van der Waals surface area contributed by atoms with Gasteiger partial charge < -0.3 is 14.8 Å². The second-order valence-corrected chi connectivity index (χ2v) is 6.90. The molecule has 0 saturated carbocycles. The van der Waals surface area contributed by atoms with Gasteiger partial charge >= 0.3 is 0 Å². The Labute approximate surface area is 186 Å². The maximum atomic E-state index is 13.1. The molecule has 0 unspecified atom stereocenters. The molecule has 2 aromatic carbocycles. The van der Waals surface area contributed by atoms with Gasteiger partial charge in [-0.15, -0.1) is 0 Å². The van der Waals surface area contributed by atoms with Crippen LogP contribution in [0.2, 0.25) is 0 Å². The van der Waals surface area contributed by atoms with Crippen LogP contribution in [0.25, 0.3) is 0 Å². The van der Waals surface area contributed by atoms with Crippen molar-refractivity contribution in [2.24, 2.45) is 0 Å². The van der Waals surface area contributed by atoms with Crippen molar-refractivity contribution in [2.75, 3.05) is 18.5 Å². The fourth-order valence-corrected chi connectivity index (χ4v) is 3.39. The predicted molar refractivity (Wildman–Crippen MR) is 121 cm³/mol. The normalized spacial score (nSPS) is 10.6. The summed E-state index contributed by atoms with van der Waals surface area (Å²) in [5.41, 5.74) is 1.92. The van der Waals surface area contributed by atoms with Crippen molar-refractivity contribution in [3.05, 3.63) is 75.6 Å². The molecule has 1 N–H and O–H groups in total. The van der Waals surface area contributed by atoms with Gasteiger partial charge in [0.2, 0.25) is 0 Å². The number of hydrogen-bond acceptors (Lipinski definition) is 6. The summed E-state index contributed by atoms with van der Waals surface area (Å²) in [6, 6.07) is 12.5. The molecule has 0 fully saturated rings. The van der Waals surface area contributed by atoms with Gasteiger partial charge in [-0.25, -0.2) is 0 Å². The third-order valence-corrected chi connectivity index (χ3v) is 4.81. The summed E-state index contributed by atoms with van der Waals surface area (Å²) < 4.78 is 12.8. The standard InChI is InChI=1S/C23H26N4O5/c1-4-19-17(14-24-26(19)15-16-10-8-7-9-11-16)23(28)25-18-12-21(31-5-2)22(32-6-3)13-20(18)27(29)30/h7-14H,4-6,15H2,1-3H3,(H,25,28). The van der Waals surface area contributed by atoms with E-state index in [2.05, 4.69) is 10.4 Å². The molecule has 3 aromatic rings. The number of carbonyl (C=O) groups is 1. The van der Waals surface area contributed by atoms with E-state index < -0.39 is 10.8 Å². The lowest BCUT2D eigenvalue weighted by Crippen LogP contribution is -2.16.